The van der Waals surface area contributed by atoms with Crippen LogP contribution < -0.4 is 0 Å². The number of methoxy groups -OCH3 is 1. The van der Waals surface area contributed by atoms with Gasteiger partial charge in [0.2, 0.25) is 0 Å². The Morgan fingerprint density at radius 3 is 2.38 bits per heavy atom. The van der Waals surface area contributed by atoms with E-state index in [-0.39, 0.29) is 16.2 Å². The molecule has 0 spiro atoms. The Bertz CT molecular complexity index is 504. The number of carbonyl (C=O) groups is 1. The molecule has 0 saturated heterocycles. The first-order valence-electron chi connectivity index (χ1n) is 6.25. The van der Waals surface area contributed by atoms with E-state index >= 15 is 0 Å². The van der Waals surface area contributed by atoms with Crippen LogP contribution in [0.1, 0.15) is 24.3 Å². The molecule has 1 fully saturated rings. The lowest BCUT2D eigenvalue weighted by molar-refractivity contribution is -0.194. The fourth-order valence-corrected chi connectivity index (χ4v) is 3.00. The second-order valence-electron chi connectivity index (χ2n) is 4.80. The number of nitrogens with zero attached hydrogens (tertiary/aromatic N) is 1. The third-order valence-corrected chi connectivity index (χ3v) is 3.88. The average molecular weight is 340 g/mol. The second kappa shape index (κ2) is 6.85. The summed E-state index contributed by atoms with van der Waals surface area (Å²) in [5.74, 6) is -1.24. The van der Waals surface area contributed by atoms with Gasteiger partial charge >= 0.3 is 12.6 Å². The van der Waals surface area contributed by atoms with Crippen molar-refractivity contribution >= 4 is 29.2 Å². The van der Waals surface area contributed by atoms with Crippen LogP contribution >= 0.6 is 23.2 Å². The summed E-state index contributed by atoms with van der Waals surface area (Å²) < 4.78 is 33.5. The van der Waals surface area contributed by atoms with E-state index in [0.717, 1.165) is 0 Å². The Balaban J connectivity index is 2.15. The Kier molecular flexibility index (Phi) is 5.35. The number of halogens is 4. The van der Waals surface area contributed by atoms with Gasteiger partial charge in [0.1, 0.15) is 10.3 Å². The summed E-state index contributed by atoms with van der Waals surface area (Å²) >= 11 is 11.7. The monoisotopic (exact) mass is 339 g/mol. The van der Waals surface area contributed by atoms with Gasteiger partial charge in [-0.1, -0.05) is 23.2 Å². The van der Waals surface area contributed by atoms with Crippen LogP contribution in [0.25, 0.3) is 0 Å². The van der Waals surface area contributed by atoms with Gasteiger partial charge in [0.15, 0.2) is 0 Å². The standard InChI is InChI=1S/C13H13Cl2F2NO3/c1-20-12(19)11(6-2-8(3-6)21-13(16)17)7-4-9(14)18-10(15)5-7/h4-6,8,11,13H,2-3H2,1H3. The van der Waals surface area contributed by atoms with Crippen LogP contribution in [0.15, 0.2) is 12.1 Å². The molecule has 2 rings (SSSR count). The molecule has 0 aromatic carbocycles. The minimum atomic E-state index is -2.81. The van der Waals surface area contributed by atoms with Crippen LogP contribution in [-0.4, -0.2) is 30.8 Å². The van der Waals surface area contributed by atoms with E-state index in [2.05, 4.69) is 9.72 Å². The van der Waals surface area contributed by atoms with Crippen LogP contribution in [0.2, 0.25) is 10.3 Å². The molecule has 1 heterocycles. The van der Waals surface area contributed by atoms with Crippen molar-refractivity contribution in [1.29, 1.82) is 0 Å². The molecule has 4 nitrogen and oxygen atoms in total. The average Bonchev–Trinajstić information content (AvgIpc) is 2.34. The van der Waals surface area contributed by atoms with Gasteiger partial charge in [-0.05, 0) is 36.5 Å². The van der Waals surface area contributed by atoms with Crippen LogP contribution in [0.3, 0.4) is 0 Å². The second-order valence-corrected chi connectivity index (χ2v) is 5.57. The molecule has 1 aliphatic rings. The molecular weight excluding hydrogens is 327 g/mol. The third kappa shape index (κ3) is 4.02. The highest BCUT2D eigenvalue weighted by Crippen LogP contribution is 2.43. The third-order valence-electron chi connectivity index (χ3n) is 3.50. The van der Waals surface area contributed by atoms with E-state index in [1.807, 2.05) is 0 Å². The lowest BCUT2D eigenvalue weighted by Crippen LogP contribution is -2.39. The van der Waals surface area contributed by atoms with Crippen LogP contribution in [0.5, 0.6) is 0 Å². The number of hydrogen-bond donors (Lipinski definition) is 0. The maximum atomic E-state index is 12.1. The SMILES string of the molecule is COC(=O)C(c1cc(Cl)nc(Cl)c1)C1CC(OC(F)F)C1. The molecular formula is C13H13Cl2F2NO3. The number of esters is 1. The fraction of sp³-hybridized carbons (Fsp3) is 0.538. The van der Waals surface area contributed by atoms with E-state index in [0.29, 0.717) is 18.4 Å². The van der Waals surface area contributed by atoms with E-state index < -0.39 is 24.6 Å². The topological polar surface area (TPSA) is 48.4 Å². The molecule has 1 unspecified atom stereocenters. The minimum absolute atomic E-state index is 0.157. The van der Waals surface area contributed by atoms with E-state index in [9.17, 15) is 13.6 Å². The quantitative estimate of drug-likeness (QED) is 0.606. The van der Waals surface area contributed by atoms with Gasteiger partial charge in [-0.15, -0.1) is 0 Å². The van der Waals surface area contributed by atoms with Crippen molar-refractivity contribution in [3.05, 3.63) is 28.0 Å². The number of aromatic nitrogens is 1. The van der Waals surface area contributed by atoms with Gasteiger partial charge in [-0.3, -0.25) is 4.79 Å². The fourth-order valence-electron chi connectivity index (χ4n) is 2.53. The van der Waals surface area contributed by atoms with Crippen LogP contribution in [0, 0.1) is 5.92 Å². The molecule has 1 aromatic heterocycles. The summed E-state index contributed by atoms with van der Waals surface area (Å²) in [6.07, 6.45) is 0.151. The van der Waals surface area contributed by atoms with Crippen molar-refractivity contribution in [3.63, 3.8) is 0 Å². The largest absolute Gasteiger partial charge is 0.469 e. The Labute approximate surface area is 130 Å². The zero-order valence-electron chi connectivity index (χ0n) is 11.1. The first kappa shape index (κ1) is 16.4. The van der Waals surface area contributed by atoms with Gasteiger partial charge in [0.25, 0.3) is 0 Å². The van der Waals surface area contributed by atoms with Gasteiger partial charge < -0.3 is 9.47 Å². The molecule has 0 radical (unpaired) electrons. The lowest BCUT2D eigenvalue weighted by Gasteiger charge is -2.38. The summed E-state index contributed by atoms with van der Waals surface area (Å²) in [5, 5.41) is 0.317. The van der Waals surface area contributed by atoms with Crippen molar-refractivity contribution in [3.8, 4) is 0 Å². The molecule has 0 N–H and O–H groups in total. The molecule has 116 valence electrons. The zero-order chi connectivity index (χ0) is 15.6. The zero-order valence-corrected chi connectivity index (χ0v) is 12.6. The highest BCUT2D eigenvalue weighted by molar-refractivity contribution is 6.32. The molecule has 1 aromatic rings. The number of carbonyl (C=O) groups excluding carboxylic acids is 1. The molecule has 1 saturated carbocycles. The van der Waals surface area contributed by atoms with Crippen LogP contribution in [0.4, 0.5) is 8.78 Å². The van der Waals surface area contributed by atoms with Crippen molar-refractivity contribution in [2.75, 3.05) is 7.11 Å². The minimum Gasteiger partial charge on any atom is -0.469 e. The van der Waals surface area contributed by atoms with E-state index in [1.54, 1.807) is 0 Å². The summed E-state index contributed by atoms with van der Waals surface area (Å²) in [4.78, 5) is 15.8. The first-order valence-corrected chi connectivity index (χ1v) is 7.00. The van der Waals surface area contributed by atoms with Gasteiger partial charge in [-0.2, -0.15) is 8.78 Å². The lowest BCUT2D eigenvalue weighted by atomic mass is 9.71. The highest BCUT2D eigenvalue weighted by Gasteiger charge is 2.42. The van der Waals surface area contributed by atoms with Gasteiger partial charge in [-0.25, -0.2) is 4.98 Å². The number of pyridine rings is 1. The van der Waals surface area contributed by atoms with E-state index in [4.69, 9.17) is 27.9 Å². The Morgan fingerprint density at radius 2 is 1.90 bits per heavy atom. The van der Waals surface area contributed by atoms with Gasteiger partial charge in [0.05, 0.1) is 19.1 Å². The summed E-state index contributed by atoms with van der Waals surface area (Å²) in [7, 11) is 1.27. The first-order chi connectivity index (χ1) is 9.90. The molecule has 21 heavy (non-hydrogen) atoms. The number of ether oxygens (including phenoxy) is 2. The number of alkyl halides is 2. The van der Waals surface area contributed by atoms with Crippen molar-refractivity contribution in [2.24, 2.45) is 5.92 Å². The van der Waals surface area contributed by atoms with Crippen LogP contribution in [-0.2, 0) is 14.3 Å². The number of hydrogen-bond acceptors (Lipinski definition) is 4. The molecule has 0 amide bonds. The Hall–Kier alpha value is -0.980. The Morgan fingerprint density at radius 1 is 1.33 bits per heavy atom. The summed E-state index contributed by atoms with van der Waals surface area (Å²) in [6.45, 7) is -2.81. The summed E-state index contributed by atoms with van der Waals surface area (Å²) in [6, 6.07) is 3.05. The van der Waals surface area contributed by atoms with E-state index in [1.165, 1.54) is 19.2 Å². The molecule has 0 bridgehead atoms. The smallest absolute Gasteiger partial charge is 0.345 e. The molecule has 8 heteroatoms. The molecule has 1 aliphatic carbocycles. The predicted molar refractivity (Wildman–Crippen MR) is 72.6 cm³/mol. The predicted octanol–water partition coefficient (Wildman–Crippen LogP) is 3.66. The highest BCUT2D eigenvalue weighted by atomic mass is 35.5. The normalized spacial score (nSPS) is 22.8. The maximum Gasteiger partial charge on any atom is 0.345 e. The molecule has 0 aliphatic heterocycles. The summed E-state index contributed by atoms with van der Waals surface area (Å²) in [5.41, 5.74) is 0.562. The van der Waals surface area contributed by atoms with Crippen molar-refractivity contribution < 1.29 is 23.0 Å². The maximum absolute atomic E-state index is 12.1. The molecule has 1 atom stereocenters. The van der Waals surface area contributed by atoms with Crippen molar-refractivity contribution in [2.45, 2.75) is 31.5 Å². The van der Waals surface area contributed by atoms with Gasteiger partial charge in [0, 0.05) is 0 Å². The number of rotatable bonds is 5. The van der Waals surface area contributed by atoms with Crippen molar-refractivity contribution in [1.82, 2.24) is 4.98 Å².